The van der Waals surface area contributed by atoms with Crippen LogP contribution in [0.15, 0.2) is 145 Å². The third kappa shape index (κ3) is 3.38. The maximum absolute atomic E-state index is 8.98. The van der Waals surface area contributed by atoms with Gasteiger partial charge in [0, 0.05) is 5.41 Å². The first-order valence-corrected chi connectivity index (χ1v) is 14.8. The number of benzene rings is 8. The van der Waals surface area contributed by atoms with E-state index in [0.717, 1.165) is 43.4 Å². The largest absolute Gasteiger partial charge is 0.0629 e. The lowest BCUT2D eigenvalue weighted by Gasteiger charge is -2.23. The van der Waals surface area contributed by atoms with Gasteiger partial charge in [-0.1, -0.05) is 153 Å². The molecule has 202 valence electrons. The summed E-state index contributed by atoms with van der Waals surface area (Å²) >= 11 is 0. The Morgan fingerprint density at radius 2 is 1.09 bits per heavy atom. The topological polar surface area (TPSA) is 0 Å². The lowest BCUT2D eigenvalue weighted by Crippen LogP contribution is -2.15. The Morgan fingerprint density at radius 3 is 1.86 bits per heavy atom. The summed E-state index contributed by atoms with van der Waals surface area (Å²) in [7, 11) is 0. The van der Waals surface area contributed by atoms with Gasteiger partial charge in [0.05, 0.1) is 6.85 Å². The highest BCUT2D eigenvalue weighted by Crippen LogP contribution is 2.53. The Morgan fingerprint density at radius 1 is 0.465 bits per heavy atom. The predicted molar refractivity (Wildman–Crippen MR) is 185 cm³/mol. The molecule has 43 heavy (non-hydrogen) atoms. The minimum atomic E-state index is -0.390. The molecule has 0 aromatic heterocycles. The molecule has 0 nitrogen and oxygen atoms in total. The van der Waals surface area contributed by atoms with E-state index in [1.165, 1.54) is 33.0 Å². The molecule has 1 aliphatic rings. The Balaban J connectivity index is 1.44. The van der Waals surface area contributed by atoms with Gasteiger partial charge in [-0.05, 0) is 93.7 Å². The SMILES string of the molecule is [2H]c1c([2H])c([2H])c(-c2c3ccccc3c(-c3ccc4c(c3)C(C)(C)c3ccc5ccccc5c3-4)c3c2ccc2ccccc23)c([2H])c1[2H]. The van der Waals surface area contributed by atoms with Crippen LogP contribution in [-0.4, -0.2) is 0 Å². The smallest absolute Gasteiger partial charge is 0.0622 e. The van der Waals surface area contributed by atoms with Crippen molar-refractivity contribution in [1.82, 2.24) is 0 Å². The molecule has 0 aliphatic heterocycles. The van der Waals surface area contributed by atoms with Crippen LogP contribution in [-0.2, 0) is 5.41 Å². The van der Waals surface area contributed by atoms with Crippen molar-refractivity contribution in [2.24, 2.45) is 0 Å². The van der Waals surface area contributed by atoms with Crippen LogP contribution in [0.3, 0.4) is 0 Å². The molecule has 0 heterocycles. The van der Waals surface area contributed by atoms with Gasteiger partial charge in [0.2, 0.25) is 0 Å². The molecule has 1 aliphatic carbocycles. The zero-order valence-corrected chi connectivity index (χ0v) is 24.0. The maximum atomic E-state index is 8.98. The minimum absolute atomic E-state index is 0.197. The zero-order valence-electron chi connectivity index (χ0n) is 29.0. The zero-order chi connectivity index (χ0) is 33.1. The summed E-state index contributed by atoms with van der Waals surface area (Å²) in [5.74, 6) is 0. The van der Waals surface area contributed by atoms with Gasteiger partial charge < -0.3 is 0 Å². The summed E-state index contributed by atoms with van der Waals surface area (Å²) in [6.45, 7) is 4.62. The van der Waals surface area contributed by atoms with Crippen molar-refractivity contribution < 1.29 is 6.85 Å². The minimum Gasteiger partial charge on any atom is -0.0622 e. The Bertz CT molecular complexity index is 2670. The lowest BCUT2D eigenvalue weighted by atomic mass is 9.80. The molecule has 0 N–H and O–H groups in total. The third-order valence-electron chi connectivity index (χ3n) is 9.52. The fourth-order valence-corrected chi connectivity index (χ4v) is 7.55. The molecule has 0 heteroatoms. The molecule has 0 saturated heterocycles. The van der Waals surface area contributed by atoms with Gasteiger partial charge in [-0.25, -0.2) is 0 Å². The van der Waals surface area contributed by atoms with E-state index in [0.29, 0.717) is 5.56 Å². The first-order valence-electron chi connectivity index (χ1n) is 17.3. The first kappa shape index (κ1) is 19.8. The Labute approximate surface area is 258 Å². The maximum Gasteiger partial charge on any atom is 0.0629 e. The molecule has 0 radical (unpaired) electrons. The molecular weight excluding hydrogens is 516 g/mol. The van der Waals surface area contributed by atoms with Crippen LogP contribution >= 0.6 is 0 Å². The van der Waals surface area contributed by atoms with Gasteiger partial charge in [0.15, 0.2) is 0 Å². The average molecular weight is 552 g/mol. The highest BCUT2D eigenvalue weighted by atomic mass is 14.4. The number of hydrogen-bond acceptors (Lipinski definition) is 0. The van der Waals surface area contributed by atoms with Crippen LogP contribution in [0.1, 0.15) is 31.8 Å². The summed E-state index contributed by atoms with van der Waals surface area (Å²) in [4.78, 5) is 0. The third-order valence-corrected chi connectivity index (χ3v) is 9.52. The molecule has 9 rings (SSSR count). The van der Waals surface area contributed by atoms with Crippen molar-refractivity contribution in [1.29, 1.82) is 0 Å². The van der Waals surface area contributed by atoms with Crippen LogP contribution in [0.5, 0.6) is 0 Å². The summed E-state index contributed by atoms with van der Waals surface area (Å²) in [6.07, 6.45) is 0. The van der Waals surface area contributed by atoms with Crippen LogP contribution < -0.4 is 0 Å². The molecule has 8 aromatic rings. The Hall–Kier alpha value is -5.20. The van der Waals surface area contributed by atoms with Gasteiger partial charge >= 0.3 is 0 Å². The monoisotopic (exact) mass is 551 g/mol. The van der Waals surface area contributed by atoms with E-state index in [2.05, 4.69) is 98.8 Å². The van der Waals surface area contributed by atoms with E-state index >= 15 is 0 Å². The second kappa shape index (κ2) is 8.90. The van der Waals surface area contributed by atoms with Crippen molar-refractivity contribution in [2.45, 2.75) is 19.3 Å². The van der Waals surface area contributed by atoms with Crippen molar-refractivity contribution in [2.75, 3.05) is 0 Å². The molecule has 0 spiro atoms. The fourth-order valence-electron chi connectivity index (χ4n) is 7.55. The molecule has 0 atom stereocenters. The second-order valence-corrected chi connectivity index (χ2v) is 12.1. The average Bonchev–Trinajstić information content (AvgIpc) is 3.35. The van der Waals surface area contributed by atoms with E-state index in [4.69, 9.17) is 6.85 Å². The van der Waals surface area contributed by atoms with E-state index in [1.54, 1.807) is 0 Å². The van der Waals surface area contributed by atoms with Gasteiger partial charge in [-0.15, -0.1) is 0 Å². The van der Waals surface area contributed by atoms with Gasteiger partial charge in [0.25, 0.3) is 0 Å². The summed E-state index contributed by atoms with van der Waals surface area (Å²) in [6, 6.07) is 39.1. The highest BCUT2D eigenvalue weighted by molar-refractivity contribution is 6.28. The molecule has 0 fully saturated rings. The van der Waals surface area contributed by atoms with Crippen LogP contribution in [0.25, 0.3) is 76.5 Å². The molecule has 0 saturated carbocycles. The highest BCUT2D eigenvalue weighted by Gasteiger charge is 2.36. The summed E-state index contributed by atoms with van der Waals surface area (Å²) < 4.78 is 43.3. The van der Waals surface area contributed by atoms with E-state index < -0.39 is 0 Å². The molecule has 8 aromatic carbocycles. The van der Waals surface area contributed by atoms with Gasteiger partial charge in [-0.3, -0.25) is 0 Å². The molecular formula is C43H30. The van der Waals surface area contributed by atoms with Gasteiger partial charge in [-0.2, -0.15) is 0 Å². The normalized spacial score (nSPS) is 15.2. The van der Waals surface area contributed by atoms with Crippen molar-refractivity contribution in [3.8, 4) is 33.4 Å². The standard InChI is InChI=1S/C43H30/c1-43(2)37-25-22-28-13-6-8-16-31(28)41(37)35-23-21-30(26-38(35)43)40-34-19-11-10-18-33(34)39(29-14-4-3-5-15-29)36-24-20-27-12-7-9-17-32(27)42(36)40/h3-26H,1-2H3/i3D,4D,5D,14D,15D. The van der Waals surface area contributed by atoms with E-state index in [-0.39, 0.29) is 41.2 Å². The van der Waals surface area contributed by atoms with Gasteiger partial charge in [0.1, 0.15) is 0 Å². The molecule has 0 unspecified atom stereocenters. The van der Waals surface area contributed by atoms with E-state index in [1.807, 2.05) is 30.3 Å². The number of rotatable bonds is 2. The van der Waals surface area contributed by atoms with Crippen LogP contribution in [0.2, 0.25) is 0 Å². The van der Waals surface area contributed by atoms with Crippen molar-refractivity contribution in [3.05, 3.63) is 157 Å². The fraction of sp³-hybridized carbons (Fsp3) is 0.0698. The van der Waals surface area contributed by atoms with Crippen molar-refractivity contribution >= 4 is 43.1 Å². The van der Waals surface area contributed by atoms with Crippen molar-refractivity contribution in [3.63, 3.8) is 0 Å². The lowest BCUT2D eigenvalue weighted by molar-refractivity contribution is 0.661. The predicted octanol–water partition coefficient (Wildman–Crippen LogP) is 11.9. The number of fused-ring (bicyclic) bond motifs is 9. The Kier molecular flexibility index (Phi) is 4.11. The summed E-state index contributed by atoms with van der Waals surface area (Å²) in [5, 5.41) is 8.31. The summed E-state index contributed by atoms with van der Waals surface area (Å²) in [5.41, 5.74) is 7.99. The first-order chi connectivity index (χ1) is 23.2. The second-order valence-electron chi connectivity index (χ2n) is 12.1. The molecule has 0 bridgehead atoms. The number of hydrogen-bond donors (Lipinski definition) is 0. The van der Waals surface area contributed by atoms with Crippen LogP contribution in [0, 0.1) is 0 Å². The molecule has 0 amide bonds. The van der Waals surface area contributed by atoms with Crippen LogP contribution in [0.4, 0.5) is 0 Å². The quantitative estimate of drug-likeness (QED) is 0.148. The van der Waals surface area contributed by atoms with E-state index in [9.17, 15) is 0 Å².